The Hall–Kier alpha value is -1.35. The molecular weight excluding hydrogens is 226 g/mol. The van der Waals surface area contributed by atoms with Gasteiger partial charge in [-0.3, -0.25) is 0 Å². The van der Waals surface area contributed by atoms with E-state index in [0.717, 1.165) is 18.0 Å². The number of rotatable bonds is 5. The van der Waals surface area contributed by atoms with E-state index < -0.39 is 5.97 Å². The predicted molar refractivity (Wildman–Crippen MR) is 71.7 cm³/mol. The van der Waals surface area contributed by atoms with E-state index in [1.165, 1.54) is 25.7 Å². The summed E-state index contributed by atoms with van der Waals surface area (Å²) < 4.78 is 0. The fourth-order valence-corrected chi connectivity index (χ4v) is 2.67. The van der Waals surface area contributed by atoms with E-state index in [1.54, 1.807) is 12.1 Å². The van der Waals surface area contributed by atoms with Crippen LogP contribution < -0.4 is 5.32 Å². The van der Waals surface area contributed by atoms with E-state index in [4.69, 9.17) is 5.11 Å². The molecule has 0 aromatic heterocycles. The first-order valence-electron chi connectivity index (χ1n) is 6.72. The summed E-state index contributed by atoms with van der Waals surface area (Å²) >= 11 is 0. The number of aromatic carboxylic acids is 1. The molecule has 2 N–H and O–H groups in total. The summed E-state index contributed by atoms with van der Waals surface area (Å²) in [6, 6.07) is 7.65. The Morgan fingerprint density at radius 1 is 1.33 bits per heavy atom. The molecular formula is C15H21NO2. The number of nitrogens with one attached hydrogen (secondary N) is 1. The molecule has 98 valence electrons. The second-order valence-electron chi connectivity index (χ2n) is 5.22. The van der Waals surface area contributed by atoms with Crippen LogP contribution in [0.15, 0.2) is 24.3 Å². The minimum atomic E-state index is -0.867. The summed E-state index contributed by atoms with van der Waals surface area (Å²) in [6.45, 7) is 3.07. The topological polar surface area (TPSA) is 49.3 Å². The fourth-order valence-electron chi connectivity index (χ4n) is 2.67. The second kappa shape index (κ2) is 6.01. The van der Waals surface area contributed by atoms with Crippen LogP contribution >= 0.6 is 0 Å². The number of hydrogen-bond acceptors (Lipinski definition) is 2. The zero-order chi connectivity index (χ0) is 13.0. The normalized spacial score (nSPS) is 17.8. The van der Waals surface area contributed by atoms with Gasteiger partial charge in [0.2, 0.25) is 0 Å². The summed E-state index contributed by atoms with van der Waals surface area (Å²) in [7, 11) is 0. The molecule has 1 aromatic carbocycles. The van der Waals surface area contributed by atoms with Crippen molar-refractivity contribution in [1.29, 1.82) is 0 Å². The molecule has 0 amide bonds. The van der Waals surface area contributed by atoms with Crippen molar-refractivity contribution in [3.63, 3.8) is 0 Å². The first kappa shape index (κ1) is 13.1. The van der Waals surface area contributed by atoms with Gasteiger partial charge in [-0.05, 0) is 43.4 Å². The summed E-state index contributed by atoms with van der Waals surface area (Å²) in [5.41, 5.74) is 1.49. The third-order valence-electron chi connectivity index (χ3n) is 3.94. The molecule has 1 aromatic rings. The molecule has 0 radical (unpaired) electrons. The Balaban J connectivity index is 1.84. The van der Waals surface area contributed by atoms with Gasteiger partial charge in [0.15, 0.2) is 0 Å². The van der Waals surface area contributed by atoms with Crippen LogP contribution in [0.4, 0.5) is 0 Å². The molecule has 0 bridgehead atoms. The van der Waals surface area contributed by atoms with Crippen molar-refractivity contribution in [2.24, 2.45) is 5.92 Å². The van der Waals surface area contributed by atoms with Gasteiger partial charge in [-0.2, -0.15) is 0 Å². The molecule has 0 unspecified atom stereocenters. The van der Waals surface area contributed by atoms with Crippen molar-refractivity contribution in [2.75, 3.05) is 0 Å². The first-order valence-corrected chi connectivity index (χ1v) is 6.72. The van der Waals surface area contributed by atoms with E-state index in [1.807, 2.05) is 12.1 Å². The predicted octanol–water partition coefficient (Wildman–Crippen LogP) is 3.05. The molecule has 1 atom stereocenters. The lowest BCUT2D eigenvalue weighted by Crippen LogP contribution is -2.31. The quantitative estimate of drug-likeness (QED) is 0.840. The minimum Gasteiger partial charge on any atom is -0.478 e. The number of carboxylic acid groups (broad SMARTS) is 1. The lowest BCUT2D eigenvalue weighted by Gasteiger charge is -2.20. The monoisotopic (exact) mass is 247 g/mol. The highest BCUT2D eigenvalue weighted by Crippen LogP contribution is 2.27. The molecule has 3 nitrogen and oxygen atoms in total. The smallest absolute Gasteiger partial charge is 0.335 e. The number of hydrogen-bond donors (Lipinski definition) is 2. The average molecular weight is 247 g/mol. The van der Waals surface area contributed by atoms with Crippen LogP contribution in [0.3, 0.4) is 0 Å². The van der Waals surface area contributed by atoms with Crippen LogP contribution in [0, 0.1) is 5.92 Å². The molecule has 1 saturated carbocycles. The van der Waals surface area contributed by atoms with Gasteiger partial charge in [-0.25, -0.2) is 4.79 Å². The van der Waals surface area contributed by atoms with Gasteiger partial charge in [0.05, 0.1) is 5.56 Å². The van der Waals surface area contributed by atoms with Crippen LogP contribution in [-0.4, -0.2) is 17.1 Å². The van der Waals surface area contributed by atoms with Crippen LogP contribution in [-0.2, 0) is 6.54 Å². The largest absolute Gasteiger partial charge is 0.478 e. The summed E-state index contributed by atoms with van der Waals surface area (Å²) in [6.07, 6.45) is 5.41. The average Bonchev–Trinajstić information content (AvgIpc) is 2.90. The van der Waals surface area contributed by atoms with E-state index in [0.29, 0.717) is 11.6 Å². The van der Waals surface area contributed by atoms with Crippen LogP contribution in [0.1, 0.15) is 48.5 Å². The van der Waals surface area contributed by atoms with Crippen molar-refractivity contribution in [3.05, 3.63) is 35.4 Å². The van der Waals surface area contributed by atoms with E-state index >= 15 is 0 Å². The molecule has 3 heteroatoms. The van der Waals surface area contributed by atoms with Crippen molar-refractivity contribution >= 4 is 5.97 Å². The first-order chi connectivity index (χ1) is 8.66. The molecule has 0 saturated heterocycles. The molecule has 1 fully saturated rings. The summed E-state index contributed by atoms with van der Waals surface area (Å²) in [5, 5.41) is 12.4. The Morgan fingerprint density at radius 3 is 2.50 bits per heavy atom. The van der Waals surface area contributed by atoms with Gasteiger partial charge in [0.25, 0.3) is 0 Å². The fraction of sp³-hybridized carbons (Fsp3) is 0.533. The maximum absolute atomic E-state index is 10.7. The summed E-state index contributed by atoms with van der Waals surface area (Å²) in [5.74, 6) is -0.0582. The van der Waals surface area contributed by atoms with Gasteiger partial charge in [-0.1, -0.05) is 25.0 Å². The Labute approximate surface area is 108 Å². The van der Waals surface area contributed by atoms with Gasteiger partial charge in [0, 0.05) is 12.6 Å². The minimum absolute atomic E-state index is 0.350. The van der Waals surface area contributed by atoms with Crippen LogP contribution in [0.2, 0.25) is 0 Å². The van der Waals surface area contributed by atoms with Gasteiger partial charge < -0.3 is 10.4 Å². The van der Waals surface area contributed by atoms with Crippen LogP contribution in [0.25, 0.3) is 0 Å². The summed E-state index contributed by atoms with van der Waals surface area (Å²) in [4.78, 5) is 10.7. The molecule has 18 heavy (non-hydrogen) atoms. The van der Waals surface area contributed by atoms with E-state index in [9.17, 15) is 4.79 Å². The van der Waals surface area contributed by atoms with Gasteiger partial charge in [-0.15, -0.1) is 0 Å². The highest BCUT2D eigenvalue weighted by molar-refractivity contribution is 5.87. The SMILES string of the molecule is C[C@H](NCc1ccc(C(=O)O)cc1)C1CCCC1. The van der Waals surface area contributed by atoms with Crippen molar-refractivity contribution in [1.82, 2.24) is 5.32 Å². The van der Waals surface area contributed by atoms with Crippen molar-refractivity contribution < 1.29 is 9.90 Å². The van der Waals surface area contributed by atoms with Gasteiger partial charge in [0.1, 0.15) is 0 Å². The maximum Gasteiger partial charge on any atom is 0.335 e. The highest BCUT2D eigenvalue weighted by atomic mass is 16.4. The third-order valence-corrected chi connectivity index (χ3v) is 3.94. The number of carboxylic acids is 1. The molecule has 0 heterocycles. The lowest BCUT2D eigenvalue weighted by molar-refractivity contribution is 0.0697. The van der Waals surface area contributed by atoms with E-state index in [2.05, 4.69) is 12.2 Å². The zero-order valence-corrected chi connectivity index (χ0v) is 10.9. The number of benzene rings is 1. The molecule has 1 aliphatic rings. The lowest BCUT2D eigenvalue weighted by atomic mass is 9.99. The maximum atomic E-state index is 10.7. The molecule has 2 rings (SSSR count). The number of carbonyl (C=O) groups is 1. The van der Waals surface area contributed by atoms with Crippen LogP contribution in [0.5, 0.6) is 0 Å². The Kier molecular flexibility index (Phi) is 4.37. The highest BCUT2D eigenvalue weighted by Gasteiger charge is 2.20. The van der Waals surface area contributed by atoms with Crippen molar-refractivity contribution in [3.8, 4) is 0 Å². The van der Waals surface area contributed by atoms with E-state index in [-0.39, 0.29) is 0 Å². The third kappa shape index (κ3) is 3.33. The Morgan fingerprint density at radius 2 is 1.94 bits per heavy atom. The molecule has 0 spiro atoms. The molecule has 1 aliphatic carbocycles. The Bertz CT molecular complexity index is 393. The second-order valence-corrected chi connectivity index (χ2v) is 5.22. The standard InChI is InChI=1S/C15H21NO2/c1-11(13-4-2-3-5-13)16-10-12-6-8-14(9-7-12)15(17)18/h6-9,11,13,16H,2-5,10H2,1H3,(H,17,18)/t11-/m0/s1. The van der Waals surface area contributed by atoms with Crippen molar-refractivity contribution in [2.45, 2.75) is 45.2 Å². The zero-order valence-electron chi connectivity index (χ0n) is 10.9. The molecule has 0 aliphatic heterocycles. The van der Waals surface area contributed by atoms with Gasteiger partial charge >= 0.3 is 5.97 Å².